The lowest BCUT2D eigenvalue weighted by Crippen LogP contribution is -2.24. The molecule has 0 spiro atoms. The van der Waals surface area contributed by atoms with Crippen LogP contribution in [0.3, 0.4) is 0 Å². The number of fused-ring (bicyclic) bond motifs is 1. The first-order chi connectivity index (χ1) is 6.03. The zero-order valence-corrected chi connectivity index (χ0v) is 9.04. The SMILES string of the molecule is CC[C@H]1C[C@@H](C)C2OC(C)(C)O[C@H]21. The van der Waals surface area contributed by atoms with Crippen molar-refractivity contribution in [3.63, 3.8) is 0 Å². The minimum Gasteiger partial charge on any atom is -0.344 e. The van der Waals surface area contributed by atoms with E-state index in [0.717, 1.165) is 0 Å². The third-order valence-corrected chi connectivity index (χ3v) is 3.39. The number of ether oxygens (including phenoxy) is 2. The molecule has 13 heavy (non-hydrogen) atoms. The first kappa shape index (κ1) is 9.47. The summed E-state index contributed by atoms with van der Waals surface area (Å²) in [5.41, 5.74) is 0. The quantitative estimate of drug-likeness (QED) is 0.623. The van der Waals surface area contributed by atoms with Gasteiger partial charge in [0.1, 0.15) is 0 Å². The molecule has 4 atom stereocenters. The van der Waals surface area contributed by atoms with Crippen LogP contribution in [0.2, 0.25) is 0 Å². The lowest BCUT2D eigenvalue weighted by molar-refractivity contribution is -0.160. The Labute approximate surface area is 80.6 Å². The maximum atomic E-state index is 5.92. The highest BCUT2D eigenvalue weighted by atomic mass is 16.8. The Morgan fingerprint density at radius 2 is 1.85 bits per heavy atom. The van der Waals surface area contributed by atoms with Gasteiger partial charge in [-0.05, 0) is 32.1 Å². The highest BCUT2D eigenvalue weighted by Crippen LogP contribution is 2.45. The highest BCUT2D eigenvalue weighted by Gasteiger charge is 2.51. The summed E-state index contributed by atoms with van der Waals surface area (Å²) in [6.45, 7) is 8.56. The topological polar surface area (TPSA) is 18.5 Å². The summed E-state index contributed by atoms with van der Waals surface area (Å²) in [6, 6.07) is 0. The van der Waals surface area contributed by atoms with Crippen LogP contribution in [0, 0.1) is 11.8 Å². The second-order valence-electron chi connectivity index (χ2n) is 4.95. The van der Waals surface area contributed by atoms with E-state index in [-0.39, 0.29) is 5.79 Å². The Morgan fingerprint density at radius 3 is 2.46 bits per heavy atom. The van der Waals surface area contributed by atoms with Gasteiger partial charge < -0.3 is 9.47 Å². The largest absolute Gasteiger partial charge is 0.344 e. The van der Waals surface area contributed by atoms with Crippen molar-refractivity contribution in [2.45, 2.75) is 58.5 Å². The predicted molar refractivity (Wildman–Crippen MR) is 51.4 cm³/mol. The molecule has 0 aromatic rings. The van der Waals surface area contributed by atoms with Crippen LogP contribution < -0.4 is 0 Å². The van der Waals surface area contributed by atoms with Gasteiger partial charge in [0.05, 0.1) is 12.2 Å². The minimum atomic E-state index is -0.350. The van der Waals surface area contributed by atoms with E-state index in [1.807, 2.05) is 13.8 Å². The van der Waals surface area contributed by atoms with E-state index >= 15 is 0 Å². The molecule has 0 aromatic heterocycles. The Bertz CT molecular complexity index is 200. The van der Waals surface area contributed by atoms with Crippen LogP contribution in [-0.4, -0.2) is 18.0 Å². The van der Waals surface area contributed by atoms with E-state index in [1.54, 1.807) is 0 Å². The molecule has 0 amide bonds. The molecule has 2 rings (SSSR count). The number of rotatable bonds is 1. The summed E-state index contributed by atoms with van der Waals surface area (Å²) in [5.74, 6) is 1.02. The molecule has 1 aliphatic heterocycles. The zero-order chi connectivity index (χ0) is 9.64. The molecule has 0 aromatic carbocycles. The summed E-state index contributed by atoms with van der Waals surface area (Å²) < 4.78 is 11.8. The van der Waals surface area contributed by atoms with Crippen molar-refractivity contribution in [3.8, 4) is 0 Å². The van der Waals surface area contributed by atoms with Crippen molar-refractivity contribution in [2.24, 2.45) is 11.8 Å². The lowest BCUT2D eigenvalue weighted by atomic mass is 10.0. The van der Waals surface area contributed by atoms with Gasteiger partial charge in [-0.2, -0.15) is 0 Å². The van der Waals surface area contributed by atoms with E-state index in [2.05, 4.69) is 13.8 Å². The van der Waals surface area contributed by atoms with Gasteiger partial charge in [-0.1, -0.05) is 20.3 Å². The smallest absolute Gasteiger partial charge is 0.163 e. The number of hydrogen-bond donors (Lipinski definition) is 0. The molecule has 1 saturated carbocycles. The van der Waals surface area contributed by atoms with Gasteiger partial charge in [-0.25, -0.2) is 0 Å². The average Bonchev–Trinajstić information content (AvgIpc) is 2.47. The molecule has 76 valence electrons. The highest BCUT2D eigenvalue weighted by molar-refractivity contribution is 4.95. The predicted octanol–water partition coefficient (Wildman–Crippen LogP) is 2.57. The van der Waals surface area contributed by atoms with E-state index in [0.29, 0.717) is 24.0 Å². The van der Waals surface area contributed by atoms with Gasteiger partial charge in [0.25, 0.3) is 0 Å². The zero-order valence-electron chi connectivity index (χ0n) is 9.04. The fourth-order valence-corrected chi connectivity index (χ4v) is 2.77. The molecule has 2 nitrogen and oxygen atoms in total. The van der Waals surface area contributed by atoms with E-state index in [4.69, 9.17) is 9.47 Å². The number of hydrogen-bond acceptors (Lipinski definition) is 2. The Hall–Kier alpha value is -0.0800. The molecule has 1 aliphatic carbocycles. The second kappa shape index (κ2) is 2.96. The van der Waals surface area contributed by atoms with Crippen LogP contribution in [0.4, 0.5) is 0 Å². The van der Waals surface area contributed by atoms with Gasteiger partial charge in [-0.3, -0.25) is 0 Å². The molecule has 0 bridgehead atoms. The first-order valence-electron chi connectivity index (χ1n) is 5.39. The molecule has 2 aliphatic rings. The third kappa shape index (κ3) is 1.50. The van der Waals surface area contributed by atoms with Crippen molar-refractivity contribution in [1.82, 2.24) is 0 Å². The fourth-order valence-electron chi connectivity index (χ4n) is 2.77. The molecule has 1 saturated heterocycles. The van der Waals surface area contributed by atoms with Gasteiger partial charge in [0, 0.05) is 0 Å². The fraction of sp³-hybridized carbons (Fsp3) is 1.00. The molecule has 0 radical (unpaired) electrons. The first-order valence-corrected chi connectivity index (χ1v) is 5.39. The Balaban J connectivity index is 2.12. The summed E-state index contributed by atoms with van der Waals surface area (Å²) in [4.78, 5) is 0. The van der Waals surface area contributed by atoms with Crippen LogP contribution in [-0.2, 0) is 9.47 Å². The normalized spacial score (nSPS) is 48.0. The molecule has 2 fully saturated rings. The summed E-state index contributed by atoms with van der Waals surface area (Å²) in [6.07, 6.45) is 3.18. The maximum absolute atomic E-state index is 5.92. The van der Waals surface area contributed by atoms with Crippen LogP contribution in [0.5, 0.6) is 0 Å². The van der Waals surface area contributed by atoms with Crippen molar-refractivity contribution in [2.75, 3.05) is 0 Å². The van der Waals surface area contributed by atoms with Crippen molar-refractivity contribution in [1.29, 1.82) is 0 Å². The van der Waals surface area contributed by atoms with E-state index < -0.39 is 0 Å². The maximum Gasteiger partial charge on any atom is 0.163 e. The van der Waals surface area contributed by atoms with Crippen LogP contribution >= 0.6 is 0 Å². The summed E-state index contributed by atoms with van der Waals surface area (Å²) in [5, 5.41) is 0. The molecule has 1 heterocycles. The van der Waals surface area contributed by atoms with Crippen molar-refractivity contribution >= 4 is 0 Å². The molecule has 2 heteroatoms. The molecule has 0 N–H and O–H groups in total. The van der Waals surface area contributed by atoms with Crippen molar-refractivity contribution in [3.05, 3.63) is 0 Å². The lowest BCUT2D eigenvalue weighted by Gasteiger charge is -2.21. The van der Waals surface area contributed by atoms with Crippen molar-refractivity contribution < 1.29 is 9.47 Å². The molecular weight excluding hydrogens is 164 g/mol. The van der Waals surface area contributed by atoms with Crippen LogP contribution in [0.15, 0.2) is 0 Å². The second-order valence-corrected chi connectivity index (χ2v) is 4.95. The van der Waals surface area contributed by atoms with E-state index in [9.17, 15) is 0 Å². The van der Waals surface area contributed by atoms with Gasteiger partial charge >= 0.3 is 0 Å². The monoisotopic (exact) mass is 184 g/mol. The standard InChI is InChI=1S/C11H20O2/c1-5-8-6-7(2)9-10(8)13-11(3,4)12-9/h7-10H,5-6H2,1-4H3/t7-,8+,9?,10+/m1/s1. The molecular formula is C11H20O2. The third-order valence-electron chi connectivity index (χ3n) is 3.39. The van der Waals surface area contributed by atoms with Crippen LogP contribution in [0.1, 0.15) is 40.5 Å². The Morgan fingerprint density at radius 1 is 1.23 bits per heavy atom. The van der Waals surface area contributed by atoms with Gasteiger partial charge in [0.15, 0.2) is 5.79 Å². The summed E-state index contributed by atoms with van der Waals surface area (Å²) in [7, 11) is 0. The van der Waals surface area contributed by atoms with Gasteiger partial charge in [-0.15, -0.1) is 0 Å². The summed E-state index contributed by atoms with van der Waals surface area (Å²) >= 11 is 0. The average molecular weight is 184 g/mol. The Kier molecular flexibility index (Phi) is 2.16. The minimum absolute atomic E-state index is 0.347. The van der Waals surface area contributed by atoms with E-state index in [1.165, 1.54) is 12.8 Å². The van der Waals surface area contributed by atoms with Gasteiger partial charge in [0.2, 0.25) is 0 Å². The molecule has 1 unspecified atom stereocenters. The van der Waals surface area contributed by atoms with Crippen LogP contribution in [0.25, 0.3) is 0 Å².